The Labute approximate surface area is 720 Å². The largest absolute Gasteiger partial charge is 0.545 e. The SMILES string of the molecule is C.C=CN(CC)c1ccc2c(c1)Oc1cc(N(CC)CCOC(C)=O)ccc1C21OC(=O)c2ccccc21.C=C[N+](CC)=c1ccc2c(-c3ccccc3C(=O)O)c3ccc(N(CC)OCCC(C)=O)cc3oc-2c1.C=C[N+](CC)=c1ccc2c(-c3ccccc3C(=O)[O-])c3ccc(N(CC)OCCC(C)=O)cc3oc-2c1.CC(=O)O.CC(=O)O.CC(=O)O. The number of hydroxylamine groups is 2. The van der Waals surface area contributed by atoms with Crippen molar-refractivity contribution in [2.24, 2.45) is 0 Å². The Hall–Kier alpha value is -14.3. The number of hydrogen-bond acceptors (Lipinski definition) is 21. The molecule has 0 fully saturated rings. The summed E-state index contributed by atoms with van der Waals surface area (Å²) in [5.74, 6) is -2.82. The van der Waals surface area contributed by atoms with E-state index in [0.29, 0.717) is 89.9 Å². The molecule has 4 N–H and O–H groups in total. The number of ketones is 2. The predicted molar refractivity (Wildman–Crippen MR) is 477 cm³/mol. The minimum absolute atomic E-state index is 0. The molecule has 1 spiro atoms. The summed E-state index contributed by atoms with van der Waals surface area (Å²) in [6.45, 7) is 37.0. The summed E-state index contributed by atoms with van der Waals surface area (Å²) in [6.07, 6.45) is 5.95. The monoisotopic (exact) mass is 1690 g/mol. The maximum Gasteiger partial charge on any atom is 0.340 e. The van der Waals surface area contributed by atoms with E-state index in [0.717, 1.165) is 124 Å². The number of aromatic carboxylic acids is 2. The molecule has 2 aliphatic carbocycles. The Morgan fingerprint density at radius 3 is 1.31 bits per heavy atom. The maximum absolute atomic E-state index is 13.1. The Bertz CT molecular complexity index is 5570. The van der Waals surface area contributed by atoms with Crippen LogP contribution in [0.2, 0.25) is 0 Å². The molecule has 4 aliphatic heterocycles. The van der Waals surface area contributed by atoms with E-state index in [4.69, 9.17) is 62.4 Å². The molecule has 0 aromatic heterocycles. The minimum atomic E-state index is -1.24. The smallest absolute Gasteiger partial charge is 0.340 e. The van der Waals surface area contributed by atoms with Gasteiger partial charge in [0.25, 0.3) is 17.9 Å². The van der Waals surface area contributed by atoms with Crippen molar-refractivity contribution in [1.29, 1.82) is 0 Å². The lowest BCUT2D eigenvalue weighted by molar-refractivity contribution is -0.255. The van der Waals surface area contributed by atoms with Gasteiger partial charge >= 0.3 is 17.9 Å². The van der Waals surface area contributed by atoms with Gasteiger partial charge in [0.1, 0.15) is 65.4 Å². The van der Waals surface area contributed by atoms with Gasteiger partial charge in [-0.2, -0.15) is 9.15 Å². The molecule has 0 radical (unpaired) electrons. The minimum Gasteiger partial charge on any atom is -0.545 e. The third-order valence-corrected chi connectivity index (χ3v) is 19.5. The number of hydrogen-bond donors (Lipinski definition) is 4. The number of esters is 2. The molecule has 0 amide bonds. The van der Waals surface area contributed by atoms with Crippen LogP contribution < -0.4 is 49.6 Å². The highest BCUT2D eigenvalue weighted by Gasteiger charge is 2.53. The molecule has 124 heavy (non-hydrogen) atoms. The van der Waals surface area contributed by atoms with Crippen molar-refractivity contribution < 1.29 is 101 Å². The lowest BCUT2D eigenvalue weighted by Gasteiger charge is -2.37. The van der Waals surface area contributed by atoms with E-state index in [1.807, 2.05) is 194 Å². The number of benzene rings is 9. The van der Waals surface area contributed by atoms with Gasteiger partial charge in [0, 0.05) is 170 Å². The first-order valence-electron chi connectivity index (χ1n) is 39.9. The van der Waals surface area contributed by atoms with Gasteiger partial charge in [-0.1, -0.05) is 74.7 Å². The van der Waals surface area contributed by atoms with Crippen LogP contribution in [0.5, 0.6) is 11.5 Å². The number of carboxylic acid groups (broad SMARTS) is 5. The second-order valence-corrected chi connectivity index (χ2v) is 27.8. The van der Waals surface area contributed by atoms with Crippen LogP contribution in [0, 0.1) is 0 Å². The van der Waals surface area contributed by atoms with Crippen LogP contribution in [-0.4, -0.2) is 139 Å². The summed E-state index contributed by atoms with van der Waals surface area (Å²) in [6, 6.07) is 56.3. The molecule has 27 heteroatoms. The first kappa shape index (κ1) is 96.8. The molecular weight excluding hydrogens is 1590 g/mol. The average molecular weight is 1690 g/mol. The van der Waals surface area contributed by atoms with Crippen LogP contribution >= 0.6 is 0 Å². The summed E-state index contributed by atoms with van der Waals surface area (Å²) in [5.41, 5.74) is 10.9. The number of likely N-dealkylation sites (N-methyl/N-ethyl adjacent to an activating group) is 1. The van der Waals surface area contributed by atoms with E-state index in [1.54, 1.807) is 65.1 Å². The van der Waals surface area contributed by atoms with Crippen molar-refractivity contribution in [1.82, 2.24) is 9.15 Å². The van der Waals surface area contributed by atoms with Crippen molar-refractivity contribution in [3.63, 3.8) is 0 Å². The number of carbonyl (C=O) groups excluding carboxylic acids is 5. The average Bonchev–Trinajstić information content (AvgIpc) is 1.55. The Kier molecular flexibility index (Phi) is 35.4. The highest BCUT2D eigenvalue weighted by atomic mass is 16.7. The number of anilines is 4. The van der Waals surface area contributed by atoms with Gasteiger partial charge in [0.2, 0.25) is 10.7 Å². The van der Waals surface area contributed by atoms with E-state index in [-0.39, 0.29) is 61.9 Å². The molecule has 7 aromatic carbocycles. The first-order chi connectivity index (χ1) is 58.9. The second kappa shape index (κ2) is 45.4. The Balaban J connectivity index is 0.000000238. The molecule has 1 unspecified atom stereocenters. The van der Waals surface area contributed by atoms with Crippen molar-refractivity contribution in [2.45, 2.75) is 109 Å². The van der Waals surface area contributed by atoms with Gasteiger partial charge in [0.15, 0.2) is 18.0 Å². The Morgan fingerprint density at radius 1 is 0.476 bits per heavy atom. The fourth-order valence-electron chi connectivity index (χ4n) is 14.1. The molecule has 7 aromatic rings. The molecule has 0 bridgehead atoms. The fourth-order valence-corrected chi connectivity index (χ4v) is 14.1. The molecule has 1 atom stereocenters. The lowest BCUT2D eigenvalue weighted by Crippen LogP contribution is -2.33. The third-order valence-electron chi connectivity index (χ3n) is 19.5. The number of ether oxygens (including phenoxy) is 3. The quantitative estimate of drug-likeness (QED) is 0.0153. The van der Waals surface area contributed by atoms with Gasteiger partial charge in [0.05, 0.1) is 60.4 Å². The predicted octanol–water partition coefficient (Wildman–Crippen LogP) is 16.3. The summed E-state index contributed by atoms with van der Waals surface area (Å²) < 4.78 is 34.7. The summed E-state index contributed by atoms with van der Waals surface area (Å²) >= 11 is 0. The van der Waals surface area contributed by atoms with Crippen molar-refractivity contribution in [3.8, 4) is 56.4 Å². The van der Waals surface area contributed by atoms with Crippen molar-refractivity contribution in [3.05, 3.63) is 264 Å². The molecular formula is C97H107N6O21+. The Morgan fingerprint density at radius 2 is 0.903 bits per heavy atom. The fraction of sp³-hybridized carbons (Fsp3) is 0.268. The number of rotatable bonds is 28. The third kappa shape index (κ3) is 23.6. The van der Waals surface area contributed by atoms with Gasteiger partial charge < -0.3 is 63.2 Å². The number of carbonyl (C=O) groups is 9. The zero-order valence-electron chi connectivity index (χ0n) is 71.1. The molecule has 0 saturated heterocycles. The molecule has 6 aliphatic rings. The van der Waals surface area contributed by atoms with Crippen LogP contribution in [0.3, 0.4) is 0 Å². The van der Waals surface area contributed by atoms with Gasteiger partial charge in [-0.25, -0.2) is 9.59 Å². The normalized spacial score (nSPS) is 12.7. The highest BCUT2D eigenvalue weighted by molar-refractivity contribution is 6.09. The van der Waals surface area contributed by atoms with Crippen molar-refractivity contribution in [2.75, 3.05) is 85.6 Å². The first-order valence-corrected chi connectivity index (χ1v) is 39.9. The van der Waals surface area contributed by atoms with Crippen LogP contribution in [0.15, 0.2) is 229 Å². The molecule has 13 rings (SSSR count). The van der Waals surface area contributed by atoms with E-state index in [2.05, 4.69) is 31.6 Å². The van der Waals surface area contributed by atoms with E-state index in [9.17, 15) is 39.0 Å². The van der Waals surface area contributed by atoms with Crippen molar-refractivity contribution >= 4 is 98.0 Å². The zero-order chi connectivity index (χ0) is 89.9. The highest BCUT2D eigenvalue weighted by Crippen LogP contribution is 2.57. The second-order valence-electron chi connectivity index (χ2n) is 27.8. The van der Waals surface area contributed by atoms with Gasteiger partial charge in [-0.3, -0.25) is 48.6 Å². The van der Waals surface area contributed by atoms with E-state index >= 15 is 0 Å². The van der Waals surface area contributed by atoms with E-state index < -0.39 is 35.4 Å². The topological polar surface area (TPSA) is 349 Å². The molecule has 0 saturated carbocycles. The lowest BCUT2D eigenvalue weighted by atomic mass is 9.77. The molecule has 650 valence electrons. The number of aliphatic carboxylic acids is 3. The van der Waals surface area contributed by atoms with Gasteiger partial charge in [-0.05, 0) is 159 Å². The van der Waals surface area contributed by atoms with Gasteiger partial charge in [-0.15, -0.1) is 0 Å². The summed E-state index contributed by atoms with van der Waals surface area (Å²) in [4.78, 5) is 114. The zero-order valence-corrected chi connectivity index (χ0v) is 71.1. The standard InChI is InChI=1S/3C30H30N2O5.3C2H4O2.CH4/c1-5-31(6-2)21-12-14-25-27(18-21)36-28-19-22(32(7-3)16-17-35-20(4)33)13-15-26(28)30(25)24-11-9-8-10-23(24)29(34)37-30;2*1-5-31(6-2)21-12-14-25-27(18-21)37-28-19-22(32(7-3)36-17-16-20(4)33)13-15-26(28)29(25)23-10-8-9-11-24(23)30(34)35;3*1-2(3)4;/h3*5,8-15,18-19H,1,6-7,16-17H2,2-4H3;3*1H3,(H,3,4);1H4/p+1. The number of nitrogens with zero attached hydrogens (tertiary/aromatic N) is 6. The number of fused-ring (bicyclic) bond motifs is 10. The van der Waals surface area contributed by atoms with Crippen LogP contribution in [-0.2, 0) is 53.5 Å². The van der Waals surface area contributed by atoms with Crippen LogP contribution in [0.25, 0.3) is 66.8 Å². The van der Waals surface area contributed by atoms with Crippen LogP contribution in [0.1, 0.15) is 151 Å². The number of carboxylic acids is 5. The summed E-state index contributed by atoms with van der Waals surface area (Å²) in [5, 5.41) is 51.0. The molecule has 4 heterocycles. The van der Waals surface area contributed by atoms with Crippen LogP contribution in [0.4, 0.5) is 22.7 Å². The molecule has 27 nitrogen and oxygen atoms in total. The maximum atomic E-state index is 13.1. The number of Topliss-reactive ketones (excluding diaryl/α,β-unsaturated/α-hetero) is 2. The van der Waals surface area contributed by atoms with E-state index in [1.165, 1.54) is 20.8 Å². The summed E-state index contributed by atoms with van der Waals surface area (Å²) in [7, 11) is 0.